The molecular weight excluding hydrogens is 281 g/mol. The van der Waals surface area contributed by atoms with E-state index in [0.29, 0.717) is 24.3 Å². The predicted molar refractivity (Wildman–Crippen MR) is 90.8 cm³/mol. The molecular formula is C17H26FN3O. The van der Waals surface area contributed by atoms with E-state index in [-0.39, 0.29) is 5.83 Å². The van der Waals surface area contributed by atoms with Gasteiger partial charge in [0.25, 0.3) is 0 Å². The second-order valence-electron chi connectivity index (χ2n) is 4.79. The molecule has 0 bridgehead atoms. The van der Waals surface area contributed by atoms with Crippen molar-refractivity contribution in [2.24, 2.45) is 15.2 Å². The number of hydrogen-bond donors (Lipinski definition) is 0. The minimum atomic E-state index is -0.334. The number of allylic oxidation sites excluding steroid dienone is 3. The Labute approximate surface area is 132 Å². The zero-order valence-electron chi connectivity index (χ0n) is 14.2. The number of nitrogens with zero attached hydrogens (tertiary/aromatic N) is 3. The summed E-state index contributed by atoms with van der Waals surface area (Å²) in [6.45, 7) is 13.5. The fourth-order valence-corrected chi connectivity index (χ4v) is 1.72. The van der Waals surface area contributed by atoms with Gasteiger partial charge >= 0.3 is 0 Å². The molecule has 0 aromatic heterocycles. The lowest BCUT2D eigenvalue weighted by Gasteiger charge is -2.10. The number of halogens is 1. The molecule has 0 spiro atoms. The summed E-state index contributed by atoms with van der Waals surface area (Å²) in [6.07, 6.45) is 2.70. The highest BCUT2D eigenvalue weighted by atomic mass is 19.1. The van der Waals surface area contributed by atoms with Crippen LogP contribution in [0.5, 0.6) is 0 Å². The van der Waals surface area contributed by atoms with Crippen LogP contribution in [0.1, 0.15) is 33.6 Å². The maximum absolute atomic E-state index is 12.9. The Kier molecular flexibility index (Phi) is 9.87. The highest BCUT2D eigenvalue weighted by Crippen LogP contribution is 2.19. The van der Waals surface area contributed by atoms with Gasteiger partial charge in [0.2, 0.25) is 0 Å². The van der Waals surface area contributed by atoms with Crippen molar-refractivity contribution in [1.29, 1.82) is 0 Å². The van der Waals surface area contributed by atoms with Crippen LogP contribution in [0.2, 0.25) is 0 Å². The minimum Gasteiger partial charge on any atom is -0.384 e. The van der Waals surface area contributed by atoms with Gasteiger partial charge in [0.15, 0.2) is 0 Å². The molecule has 0 atom stereocenters. The van der Waals surface area contributed by atoms with Crippen molar-refractivity contribution in [2.75, 3.05) is 20.8 Å². The molecule has 0 aromatic carbocycles. The average Bonchev–Trinajstić information content (AvgIpc) is 2.47. The lowest BCUT2D eigenvalue weighted by molar-refractivity contribution is 0.202. The third-order valence-corrected chi connectivity index (χ3v) is 2.91. The molecule has 0 saturated carbocycles. The van der Waals surface area contributed by atoms with Crippen LogP contribution in [0.25, 0.3) is 0 Å². The Bertz CT molecular complexity index is 524. The number of rotatable bonds is 9. The monoisotopic (exact) mass is 307 g/mol. The van der Waals surface area contributed by atoms with Crippen molar-refractivity contribution >= 4 is 5.71 Å². The summed E-state index contributed by atoms with van der Waals surface area (Å²) in [5, 5.41) is 8.04. The van der Waals surface area contributed by atoms with Crippen LogP contribution < -0.4 is 0 Å². The molecule has 5 heteroatoms. The Morgan fingerprint density at radius 1 is 1.27 bits per heavy atom. The Morgan fingerprint density at radius 2 is 1.91 bits per heavy atom. The summed E-state index contributed by atoms with van der Waals surface area (Å²) in [5.74, 6) is -0.334. The van der Waals surface area contributed by atoms with Crippen LogP contribution >= 0.6 is 0 Å². The van der Waals surface area contributed by atoms with Gasteiger partial charge in [0, 0.05) is 20.8 Å². The lowest BCUT2D eigenvalue weighted by atomic mass is 10.1. The SMILES string of the molecule is C=C(/C=C(\C)F)C(=C)N=C(CC)/C(N=NC)=C(/C)CCOC. The fraction of sp³-hybridized carbons (Fsp3) is 0.471. The summed E-state index contributed by atoms with van der Waals surface area (Å²) in [5.41, 5.74) is 3.35. The highest BCUT2D eigenvalue weighted by Gasteiger charge is 2.10. The lowest BCUT2D eigenvalue weighted by Crippen LogP contribution is -2.05. The first-order chi connectivity index (χ1) is 10.4. The summed E-state index contributed by atoms with van der Waals surface area (Å²) in [7, 11) is 3.26. The van der Waals surface area contributed by atoms with Crippen molar-refractivity contribution in [1.82, 2.24) is 0 Å². The van der Waals surface area contributed by atoms with Crippen LogP contribution in [-0.2, 0) is 4.74 Å². The van der Waals surface area contributed by atoms with Crippen LogP contribution in [0, 0.1) is 0 Å². The largest absolute Gasteiger partial charge is 0.384 e. The van der Waals surface area contributed by atoms with Crippen molar-refractivity contribution < 1.29 is 9.13 Å². The van der Waals surface area contributed by atoms with E-state index in [4.69, 9.17) is 4.74 Å². The maximum atomic E-state index is 12.9. The van der Waals surface area contributed by atoms with Crippen LogP contribution in [0.4, 0.5) is 4.39 Å². The van der Waals surface area contributed by atoms with E-state index in [1.54, 1.807) is 14.2 Å². The van der Waals surface area contributed by atoms with Crippen molar-refractivity contribution in [3.8, 4) is 0 Å². The fourth-order valence-electron chi connectivity index (χ4n) is 1.72. The number of ether oxygens (including phenoxy) is 1. The van der Waals surface area contributed by atoms with E-state index in [0.717, 1.165) is 23.4 Å². The molecule has 0 aliphatic rings. The first-order valence-electron chi connectivity index (χ1n) is 7.15. The number of aliphatic imine (C=N–C) groups is 1. The molecule has 0 rings (SSSR count). The second-order valence-corrected chi connectivity index (χ2v) is 4.79. The Balaban J connectivity index is 5.58. The normalized spacial score (nSPS) is 14.3. The van der Waals surface area contributed by atoms with E-state index >= 15 is 0 Å². The van der Waals surface area contributed by atoms with Crippen LogP contribution in [-0.4, -0.2) is 26.5 Å². The Hall–Kier alpha value is -1.88. The zero-order valence-corrected chi connectivity index (χ0v) is 14.2. The molecule has 0 amide bonds. The van der Waals surface area contributed by atoms with Crippen LogP contribution in [0.15, 0.2) is 62.8 Å². The summed E-state index contributed by atoms with van der Waals surface area (Å²) in [4.78, 5) is 4.46. The standard InChI is InChI=1S/C17H26FN3O/c1-8-16(20-15(5)13(3)11-14(4)18)17(21-19-6)12(2)9-10-22-7/h11H,3,5,8-10H2,1-2,4,6-7H3/b14-11+,17-12+,20-16?,21-19?. The quantitative estimate of drug-likeness (QED) is 0.329. The summed E-state index contributed by atoms with van der Waals surface area (Å²) in [6, 6.07) is 0. The molecule has 0 radical (unpaired) electrons. The van der Waals surface area contributed by atoms with Crippen LogP contribution in [0.3, 0.4) is 0 Å². The number of methoxy groups -OCH3 is 1. The third-order valence-electron chi connectivity index (χ3n) is 2.91. The first-order valence-corrected chi connectivity index (χ1v) is 7.15. The maximum Gasteiger partial charge on any atom is 0.106 e. The van der Waals surface area contributed by atoms with E-state index in [2.05, 4.69) is 28.4 Å². The summed E-state index contributed by atoms with van der Waals surface area (Å²) < 4.78 is 18.0. The smallest absolute Gasteiger partial charge is 0.106 e. The third kappa shape index (κ3) is 7.22. The number of azo groups is 1. The molecule has 0 unspecified atom stereocenters. The van der Waals surface area contributed by atoms with Crippen molar-refractivity contribution in [3.63, 3.8) is 0 Å². The van der Waals surface area contributed by atoms with E-state index in [1.807, 2.05) is 13.8 Å². The van der Waals surface area contributed by atoms with Gasteiger partial charge in [-0.3, -0.25) is 4.99 Å². The molecule has 122 valence electrons. The topological polar surface area (TPSA) is 46.3 Å². The van der Waals surface area contributed by atoms with Gasteiger partial charge in [0.1, 0.15) is 5.70 Å². The number of hydrogen-bond acceptors (Lipinski definition) is 4. The molecule has 0 aromatic rings. The van der Waals surface area contributed by atoms with Gasteiger partial charge in [-0.2, -0.15) is 10.2 Å². The molecule has 0 heterocycles. The molecule has 0 fully saturated rings. The molecule has 0 aliphatic heterocycles. The average molecular weight is 307 g/mol. The second kappa shape index (κ2) is 10.8. The van der Waals surface area contributed by atoms with E-state index < -0.39 is 0 Å². The van der Waals surface area contributed by atoms with Gasteiger partial charge in [-0.15, -0.1) is 0 Å². The first kappa shape index (κ1) is 20.1. The Morgan fingerprint density at radius 3 is 2.36 bits per heavy atom. The van der Waals surface area contributed by atoms with Crippen molar-refractivity contribution in [3.05, 3.63) is 47.6 Å². The van der Waals surface area contributed by atoms with Gasteiger partial charge < -0.3 is 4.74 Å². The highest BCUT2D eigenvalue weighted by molar-refractivity contribution is 6.01. The van der Waals surface area contributed by atoms with E-state index in [1.165, 1.54) is 13.0 Å². The molecule has 4 nitrogen and oxygen atoms in total. The molecule has 0 N–H and O–H groups in total. The predicted octanol–water partition coefficient (Wildman–Crippen LogP) is 5.17. The van der Waals surface area contributed by atoms with Gasteiger partial charge in [-0.25, -0.2) is 4.39 Å². The minimum absolute atomic E-state index is 0.334. The molecule has 22 heavy (non-hydrogen) atoms. The van der Waals surface area contributed by atoms with Crippen molar-refractivity contribution in [2.45, 2.75) is 33.6 Å². The molecule has 0 saturated heterocycles. The zero-order chi connectivity index (χ0) is 17.1. The molecule has 0 aliphatic carbocycles. The van der Waals surface area contributed by atoms with Gasteiger partial charge in [-0.1, -0.05) is 20.1 Å². The van der Waals surface area contributed by atoms with E-state index in [9.17, 15) is 4.39 Å². The van der Waals surface area contributed by atoms with Gasteiger partial charge in [0.05, 0.1) is 17.2 Å². The summed E-state index contributed by atoms with van der Waals surface area (Å²) >= 11 is 0. The van der Waals surface area contributed by atoms with Gasteiger partial charge in [-0.05, 0) is 43.9 Å².